The lowest BCUT2D eigenvalue weighted by Gasteiger charge is -2.07. The molecule has 1 rings (SSSR count). The smallest absolute Gasteiger partial charge is 0.0193 e. The Kier molecular flexibility index (Phi) is 2.95. The molecule has 0 heteroatoms. The third-order valence-electron chi connectivity index (χ3n) is 2.03. The lowest BCUT2D eigenvalue weighted by atomic mass is 9.98. The first-order chi connectivity index (χ1) is 5.34. The average Bonchev–Trinajstić information content (AvgIpc) is 2.30. The van der Waals surface area contributed by atoms with Gasteiger partial charge in [-0.1, -0.05) is 32.1 Å². The van der Waals surface area contributed by atoms with Crippen LogP contribution in [0.2, 0.25) is 0 Å². The van der Waals surface area contributed by atoms with Crippen LogP contribution in [-0.2, 0) is 0 Å². The van der Waals surface area contributed by atoms with Crippen molar-refractivity contribution in [2.24, 2.45) is 5.92 Å². The zero-order chi connectivity index (χ0) is 8.10. The first-order valence-corrected chi connectivity index (χ1v) is 4.14. The predicted molar refractivity (Wildman–Crippen MR) is 49.3 cm³/mol. The maximum absolute atomic E-state index is 3.04. The summed E-state index contributed by atoms with van der Waals surface area (Å²) in [5, 5.41) is 0. The average molecular weight is 146 g/mol. The highest BCUT2D eigenvalue weighted by Gasteiger charge is 2.01. The summed E-state index contributed by atoms with van der Waals surface area (Å²) in [6, 6.07) is 0. The van der Waals surface area contributed by atoms with Crippen LogP contribution in [0.3, 0.4) is 0 Å². The van der Waals surface area contributed by atoms with Gasteiger partial charge in [0.25, 0.3) is 0 Å². The van der Waals surface area contributed by atoms with E-state index < -0.39 is 0 Å². The Morgan fingerprint density at radius 3 is 3.00 bits per heavy atom. The van der Waals surface area contributed by atoms with E-state index in [-0.39, 0.29) is 0 Å². The molecule has 0 bridgehead atoms. The zero-order valence-corrected chi connectivity index (χ0v) is 7.17. The highest BCUT2D eigenvalue weighted by Crippen LogP contribution is 2.16. The van der Waals surface area contributed by atoms with Crippen molar-refractivity contribution in [2.45, 2.75) is 20.3 Å². The van der Waals surface area contributed by atoms with E-state index >= 15 is 0 Å². The van der Waals surface area contributed by atoms with Gasteiger partial charge >= 0.3 is 0 Å². The first kappa shape index (κ1) is 8.10. The molecular weight excluding hydrogens is 132 g/mol. The maximum atomic E-state index is 3.04. The van der Waals surface area contributed by atoms with Crippen LogP contribution in [0.25, 0.3) is 0 Å². The van der Waals surface area contributed by atoms with E-state index in [4.69, 9.17) is 0 Å². The van der Waals surface area contributed by atoms with E-state index in [1.165, 1.54) is 12.0 Å². The lowest BCUT2D eigenvalue weighted by molar-refractivity contribution is 0.670. The molecule has 1 aliphatic rings. The normalized spacial score (nSPS) is 17.8. The first-order valence-electron chi connectivity index (χ1n) is 4.14. The van der Waals surface area contributed by atoms with Crippen molar-refractivity contribution >= 4 is 0 Å². The number of hydrogen-bond donors (Lipinski definition) is 0. The van der Waals surface area contributed by atoms with Gasteiger partial charge in [-0.05, 0) is 30.1 Å². The van der Waals surface area contributed by atoms with Crippen LogP contribution in [0.1, 0.15) is 20.3 Å². The third-order valence-corrected chi connectivity index (χ3v) is 2.03. The Morgan fingerprint density at radius 2 is 2.27 bits per heavy atom. The highest BCUT2D eigenvalue weighted by atomic mass is 14.1. The van der Waals surface area contributed by atoms with Crippen LogP contribution in [-0.4, -0.2) is 0 Å². The Bertz CT molecular complexity index is 235. The SMILES string of the molecule is CCC(C)C1=CC=C=CC=C1. The van der Waals surface area contributed by atoms with Gasteiger partial charge in [-0.3, -0.25) is 0 Å². The molecule has 0 aromatic heterocycles. The fourth-order valence-electron chi connectivity index (χ4n) is 1.03. The molecule has 1 unspecified atom stereocenters. The van der Waals surface area contributed by atoms with Gasteiger partial charge < -0.3 is 0 Å². The Hall–Kier alpha value is -1.00. The second-order valence-corrected chi connectivity index (χ2v) is 2.84. The Balaban J connectivity index is 2.74. The fraction of sp³-hybridized carbons (Fsp3) is 0.364. The van der Waals surface area contributed by atoms with Gasteiger partial charge in [-0.25, -0.2) is 0 Å². The van der Waals surface area contributed by atoms with E-state index in [9.17, 15) is 0 Å². The van der Waals surface area contributed by atoms with Gasteiger partial charge in [-0.2, -0.15) is 0 Å². The molecule has 0 heterocycles. The molecule has 0 amide bonds. The van der Waals surface area contributed by atoms with Crippen LogP contribution in [0.4, 0.5) is 0 Å². The summed E-state index contributed by atoms with van der Waals surface area (Å²) in [7, 11) is 0. The molecule has 0 spiro atoms. The van der Waals surface area contributed by atoms with Crippen molar-refractivity contribution < 1.29 is 0 Å². The van der Waals surface area contributed by atoms with E-state index in [0.717, 1.165) is 0 Å². The van der Waals surface area contributed by atoms with E-state index in [1.54, 1.807) is 0 Å². The second kappa shape index (κ2) is 4.00. The van der Waals surface area contributed by atoms with Crippen LogP contribution in [0, 0.1) is 5.92 Å². The van der Waals surface area contributed by atoms with Gasteiger partial charge in [0.2, 0.25) is 0 Å². The molecule has 1 aliphatic carbocycles. The molecule has 0 aliphatic heterocycles. The summed E-state index contributed by atoms with van der Waals surface area (Å²) in [4.78, 5) is 0. The summed E-state index contributed by atoms with van der Waals surface area (Å²) >= 11 is 0. The minimum atomic E-state index is 0.663. The molecule has 0 N–H and O–H groups in total. The predicted octanol–water partition coefficient (Wildman–Crippen LogP) is 3.24. The van der Waals surface area contributed by atoms with Crippen LogP contribution >= 0.6 is 0 Å². The van der Waals surface area contributed by atoms with Crippen molar-refractivity contribution in [1.82, 2.24) is 0 Å². The molecule has 0 aromatic carbocycles. The number of rotatable bonds is 2. The zero-order valence-electron chi connectivity index (χ0n) is 7.17. The molecule has 0 radical (unpaired) electrons. The van der Waals surface area contributed by atoms with Crippen molar-refractivity contribution in [2.75, 3.05) is 0 Å². The van der Waals surface area contributed by atoms with E-state index in [1.807, 2.05) is 18.2 Å². The van der Waals surface area contributed by atoms with Crippen LogP contribution in [0.15, 0.2) is 41.7 Å². The fourth-order valence-corrected chi connectivity index (χ4v) is 1.03. The van der Waals surface area contributed by atoms with Crippen LogP contribution in [0.5, 0.6) is 0 Å². The molecule has 0 aromatic rings. The van der Waals surface area contributed by atoms with Gasteiger partial charge in [0, 0.05) is 0 Å². The summed E-state index contributed by atoms with van der Waals surface area (Å²) in [6.45, 7) is 4.46. The Morgan fingerprint density at radius 1 is 1.45 bits per heavy atom. The second-order valence-electron chi connectivity index (χ2n) is 2.84. The molecule has 0 saturated carbocycles. The molecule has 0 nitrogen and oxygen atoms in total. The minimum absolute atomic E-state index is 0.663. The van der Waals surface area contributed by atoms with Crippen molar-refractivity contribution in [3.63, 3.8) is 0 Å². The van der Waals surface area contributed by atoms with Gasteiger partial charge in [0.15, 0.2) is 0 Å². The summed E-state index contributed by atoms with van der Waals surface area (Å²) in [5.74, 6) is 0.663. The van der Waals surface area contributed by atoms with E-state index in [0.29, 0.717) is 5.92 Å². The topological polar surface area (TPSA) is 0 Å². The van der Waals surface area contributed by atoms with Gasteiger partial charge in [0.05, 0.1) is 0 Å². The number of hydrogen-bond acceptors (Lipinski definition) is 0. The maximum Gasteiger partial charge on any atom is -0.0193 e. The molecule has 0 fully saturated rings. The molecule has 58 valence electrons. The summed E-state index contributed by atoms with van der Waals surface area (Å²) in [6.07, 6.45) is 11.4. The van der Waals surface area contributed by atoms with E-state index in [2.05, 4.69) is 31.7 Å². The van der Waals surface area contributed by atoms with Crippen molar-refractivity contribution in [1.29, 1.82) is 0 Å². The van der Waals surface area contributed by atoms with Gasteiger partial charge in [0.1, 0.15) is 0 Å². The molecule has 11 heavy (non-hydrogen) atoms. The monoisotopic (exact) mass is 146 g/mol. The highest BCUT2D eigenvalue weighted by molar-refractivity contribution is 5.30. The molecule has 0 saturated heterocycles. The molecular formula is C11H14. The Labute approximate surface area is 68.6 Å². The van der Waals surface area contributed by atoms with Crippen LogP contribution < -0.4 is 0 Å². The molecule has 1 atom stereocenters. The largest absolute Gasteiger partial charge is 0.121 e. The third kappa shape index (κ3) is 2.25. The van der Waals surface area contributed by atoms with Crippen molar-refractivity contribution in [3.8, 4) is 0 Å². The van der Waals surface area contributed by atoms with Crippen molar-refractivity contribution in [3.05, 3.63) is 41.7 Å². The quantitative estimate of drug-likeness (QED) is 0.525. The standard InChI is InChI=1S/C11H14/c1-3-10(2)11-8-6-4-5-7-9-11/h4,6-10H,3H2,1-2H3. The number of allylic oxidation sites excluding steroid dienone is 5. The summed E-state index contributed by atoms with van der Waals surface area (Å²) < 4.78 is 0. The van der Waals surface area contributed by atoms with Gasteiger partial charge in [-0.15, -0.1) is 5.73 Å². The minimum Gasteiger partial charge on any atom is -0.121 e. The summed E-state index contributed by atoms with van der Waals surface area (Å²) in [5.41, 5.74) is 4.44. The lowest BCUT2D eigenvalue weighted by Crippen LogP contribution is -1.93.